The molecule has 0 bridgehead atoms. The molecule has 0 aliphatic carbocycles. The Morgan fingerprint density at radius 3 is 2.50 bits per heavy atom. The third kappa shape index (κ3) is 1.61. The molecule has 0 saturated carbocycles. The van der Waals surface area contributed by atoms with Crippen LogP contribution in [0.1, 0.15) is 0 Å². The van der Waals surface area contributed by atoms with Crippen LogP contribution in [0.4, 0.5) is 0 Å². The quantitative estimate of drug-likeness (QED) is 0.381. The average molecular weight is 256 g/mol. The van der Waals surface area contributed by atoms with Crippen molar-refractivity contribution in [2.45, 2.75) is 5.16 Å². The number of rotatable bonds is 1. The van der Waals surface area contributed by atoms with Gasteiger partial charge in [0.15, 0.2) is 5.16 Å². The van der Waals surface area contributed by atoms with Crippen molar-refractivity contribution in [3.63, 3.8) is 0 Å². The standard InChI is InChI=1S/C14H12N2OS/c1-16-13(17)11-7-9-5-3-4-6-10(9)8-12(11)15-14(16)18-2/h3-8H,1-2H3. The fourth-order valence-corrected chi connectivity index (χ4v) is 2.67. The molecular formula is C14H12N2OS. The third-order valence-corrected chi connectivity index (χ3v) is 3.81. The zero-order chi connectivity index (χ0) is 12.7. The van der Waals surface area contributed by atoms with Crippen molar-refractivity contribution in [3.05, 3.63) is 46.8 Å². The van der Waals surface area contributed by atoms with Gasteiger partial charge in [0, 0.05) is 7.05 Å². The number of hydrogen-bond acceptors (Lipinski definition) is 3. The maximum absolute atomic E-state index is 12.3. The number of nitrogens with zero attached hydrogens (tertiary/aromatic N) is 2. The smallest absolute Gasteiger partial charge is 0.261 e. The van der Waals surface area contributed by atoms with Crippen molar-refractivity contribution in [1.29, 1.82) is 0 Å². The molecule has 0 fully saturated rings. The van der Waals surface area contributed by atoms with Gasteiger partial charge in [-0.15, -0.1) is 0 Å². The first-order valence-electron chi connectivity index (χ1n) is 5.64. The van der Waals surface area contributed by atoms with Crippen molar-refractivity contribution in [3.8, 4) is 0 Å². The molecule has 0 radical (unpaired) electrons. The van der Waals surface area contributed by atoms with Gasteiger partial charge >= 0.3 is 0 Å². The second-order valence-corrected chi connectivity index (χ2v) is 4.95. The van der Waals surface area contributed by atoms with Crippen LogP contribution >= 0.6 is 11.8 Å². The zero-order valence-electron chi connectivity index (χ0n) is 10.2. The van der Waals surface area contributed by atoms with Gasteiger partial charge < -0.3 is 0 Å². The Hall–Kier alpha value is -1.81. The Bertz CT molecular complexity index is 808. The molecular weight excluding hydrogens is 244 g/mol. The molecule has 0 spiro atoms. The summed E-state index contributed by atoms with van der Waals surface area (Å²) in [5.41, 5.74) is 0.774. The second-order valence-electron chi connectivity index (χ2n) is 4.18. The minimum atomic E-state index is 0.00935. The van der Waals surface area contributed by atoms with Crippen molar-refractivity contribution in [2.24, 2.45) is 7.05 Å². The Labute approximate surface area is 108 Å². The van der Waals surface area contributed by atoms with Crippen LogP contribution in [-0.2, 0) is 7.05 Å². The average Bonchev–Trinajstić information content (AvgIpc) is 2.41. The van der Waals surface area contributed by atoms with Crippen LogP contribution in [-0.4, -0.2) is 15.8 Å². The first-order chi connectivity index (χ1) is 8.70. The molecule has 4 heteroatoms. The van der Waals surface area contributed by atoms with E-state index in [4.69, 9.17) is 0 Å². The normalized spacial score (nSPS) is 11.2. The topological polar surface area (TPSA) is 34.9 Å². The fourth-order valence-electron chi connectivity index (χ4n) is 2.12. The lowest BCUT2D eigenvalue weighted by molar-refractivity contribution is 0.727. The molecule has 0 atom stereocenters. The van der Waals surface area contributed by atoms with E-state index in [2.05, 4.69) is 4.98 Å². The van der Waals surface area contributed by atoms with E-state index < -0.39 is 0 Å². The van der Waals surface area contributed by atoms with Gasteiger partial charge in [0.2, 0.25) is 0 Å². The SMILES string of the molecule is CSc1nc2cc3ccccc3cc2c(=O)n1C. The van der Waals surface area contributed by atoms with Crippen molar-refractivity contribution >= 4 is 33.4 Å². The Morgan fingerprint density at radius 1 is 1.17 bits per heavy atom. The summed E-state index contributed by atoms with van der Waals surface area (Å²) in [6.07, 6.45) is 1.93. The summed E-state index contributed by atoms with van der Waals surface area (Å²) in [6, 6.07) is 11.9. The molecule has 90 valence electrons. The number of fused-ring (bicyclic) bond motifs is 2. The van der Waals surface area contributed by atoms with E-state index in [1.807, 2.05) is 42.7 Å². The lowest BCUT2D eigenvalue weighted by atomic mass is 10.1. The number of hydrogen-bond donors (Lipinski definition) is 0. The molecule has 3 aromatic rings. The summed E-state index contributed by atoms with van der Waals surface area (Å²) >= 11 is 1.48. The summed E-state index contributed by atoms with van der Waals surface area (Å²) in [7, 11) is 1.76. The highest BCUT2D eigenvalue weighted by atomic mass is 32.2. The van der Waals surface area contributed by atoms with Crippen LogP contribution in [0, 0.1) is 0 Å². The maximum atomic E-state index is 12.3. The highest BCUT2D eigenvalue weighted by Crippen LogP contribution is 2.21. The predicted molar refractivity (Wildman–Crippen MR) is 76.3 cm³/mol. The molecule has 0 N–H and O–H groups in total. The predicted octanol–water partition coefficient (Wildman–Crippen LogP) is 2.81. The van der Waals surface area contributed by atoms with E-state index in [-0.39, 0.29) is 5.56 Å². The van der Waals surface area contributed by atoms with E-state index in [0.29, 0.717) is 5.39 Å². The largest absolute Gasteiger partial charge is 0.290 e. The van der Waals surface area contributed by atoms with Gasteiger partial charge in [-0.1, -0.05) is 36.0 Å². The van der Waals surface area contributed by atoms with Gasteiger partial charge in [-0.25, -0.2) is 4.98 Å². The van der Waals surface area contributed by atoms with Crippen LogP contribution in [0.5, 0.6) is 0 Å². The van der Waals surface area contributed by atoms with Crippen LogP contribution in [0.2, 0.25) is 0 Å². The van der Waals surface area contributed by atoms with Gasteiger partial charge in [-0.2, -0.15) is 0 Å². The Morgan fingerprint density at radius 2 is 1.83 bits per heavy atom. The fraction of sp³-hybridized carbons (Fsp3) is 0.143. The number of thioether (sulfide) groups is 1. The lowest BCUT2D eigenvalue weighted by Gasteiger charge is -2.07. The molecule has 3 nitrogen and oxygen atoms in total. The van der Waals surface area contributed by atoms with Gasteiger partial charge in [0.25, 0.3) is 5.56 Å². The maximum Gasteiger partial charge on any atom is 0.261 e. The van der Waals surface area contributed by atoms with Crippen molar-refractivity contribution < 1.29 is 0 Å². The van der Waals surface area contributed by atoms with Gasteiger partial charge in [-0.05, 0) is 29.2 Å². The molecule has 3 rings (SSSR count). The van der Waals surface area contributed by atoms with E-state index in [9.17, 15) is 4.79 Å². The minimum absolute atomic E-state index is 0.00935. The summed E-state index contributed by atoms with van der Waals surface area (Å²) in [5, 5.41) is 3.59. The van der Waals surface area contributed by atoms with Gasteiger partial charge in [0.05, 0.1) is 10.9 Å². The van der Waals surface area contributed by atoms with E-state index in [1.165, 1.54) is 11.8 Å². The van der Waals surface area contributed by atoms with E-state index in [0.717, 1.165) is 21.4 Å². The monoisotopic (exact) mass is 256 g/mol. The van der Waals surface area contributed by atoms with Crippen LogP contribution < -0.4 is 5.56 Å². The van der Waals surface area contributed by atoms with Crippen LogP contribution in [0.25, 0.3) is 21.7 Å². The third-order valence-electron chi connectivity index (χ3n) is 3.08. The Balaban J connectivity index is 2.51. The molecule has 0 amide bonds. The summed E-state index contributed by atoms with van der Waals surface area (Å²) in [6.45, 7) is 0. The molecule has 0 aliphatic heterocycles. The van der Waals surface area contributed by atoms with Crippen molar-refractivity contribution in [2.75, 3.05) is 6.26 Å². The first kappa shape index (κ1) is 11.3. The summed E-state index contributed by atoms with van der Waals surface area (Å²) in [5.74, 6) is 0. The first-order valence-corrected chi connectivity index (χ1v) is 6.86. The van der Waals surface area contributed by atoms with Crippen LogP contribution in [0.15, 0.2) is 46.3 Å². The summed E-state index contributed by atoms with van der Waals surface area (Å²) in [4.78, 5) is 16.8. The Kier molecular flexibility index (Phi) is 2.59. The van der Waals surface area contributed by atoms with Gasteiger partial charge in [0.1, 0.15) is 0 Å². The van der Waals surface area contributed by atoms with E-state index in [1.54, 1.807) is 11.6 Å². The second kappa shape index (κ2) is 4.14. The minimum Gasteiger partial charge on any atom is -0.290 e. The molecule has 0 saturated heterocycles. The molecule has 1 heterocycles. The summed E-state index contributed by atoms with van der Waals surface area (Å²) < 4.78 is 1.60. The van der Waals surface area contributed by atoms with Crippen molar-refractivity contribution in [1.82, 2.24) is 9.55 Å². The molecule has 18 heavy (non-hydrogen) atoms. The zero-order valence-corrected chi connectivity index (χ0v) is 11.0. The molecule has 0 aliphatic rings. The number of aromatic nitrogens is 2. The molecule has 0 unspecified atom stereocenters. The molecule has 1 aromatic heterocycles. The number of benzene rings is 2. The van der Waals surface area contributed by atoms with Crippen LogP contribution in [0.3, 0.4) is 0 Å². The lowest BCUT2D eigenvalue weighted by Crippen LogP contribution is -2.19. The molecule has 2 aromatic carbocycles. The van der Waals surface area contributed by atoms with Gasteiger partial charge in [-0.3, -0.25) is 9.36 Å². The highest BCUT2D eigenvalue weighted by molar-refractivity contribution is 7.98. The highest BCUT2D eigenvalue weighted by Gasteiger charge is 2.08. The van der Waals surface area contributed by atoms with E-state index >= 15 is 0 Å².